The van der Waals surface area contributed by atoms with E-state index in [0.717, 1.165) is 11.3 Å². The van der Waals surface area contributed by atoms with E-state index < -0.39 is 11.4 Å². The molecule has 4 heteroatoms. The Labute approximate surface area is 209 Å². The molecule has 0 radical (unpaired) electrons. The maximum absolute atomic E-state index is 11.4. The van der Waals surface area contributed by atoms with E-state index in [-0.39, 0.29) is 5.69 Å². The van der Waals surface area contributed by atoms with E-state index >= 15 is 0 Å². The van der Waals surface area contributed by atoms with Gasteiger partial charge in [-0.05, 0) is 40.7 Å². The van der Waals surface area contributed by atoms with Crippen molar-refractivity contribution in [2.45, 2.75) is 18.3 Å². The van der Waals surface area contributed by atoms with Crippen molar-refractivity contribution in [1.29, 1.82) is 0 Å². The molecule has 5 rings (SSSR count). The van der Waals surface area contributed by atoms with Crippen molar-refractivity contribution in [1.82, 2.24) is 4.98 Å². The van der Waals surface area contributed by atoms with Crippen LogP contribution in [0.2, 0.25) is 0 Å². The summed E-state index contributed by atoms with van der Waals surface area (Å²) in [6.45, 7) is 0. The van der Waals surface area contributed by atoms with Gasteiger partial charge in [-0.2, -0.15) is 0 Å². The molecule has 0 aliphatic rings. The number of thiazole rings is 1. The summed E-state index contributed by atoms with van der Waals surface area (Å²) in [4.78, 5) is 16.2. The van der Waals surface area contributed by atoms with Gasteiger partial charge in [-0.15, -0.1) is 11.3 Å². The van der Waals surface area contributed by atoms with E-state index in [1.54, 1.807) is 5.51 Å². The van der Waals surface area contributed by atoms with Crippen molar-refractivity contribution < 1.29 is 9.90 Å². The Bertz CT molecular complexity index is 1300. The third-order valence-electron chi connectivity index (χ3n) is 6.49. The normalized spacial score (nSPS) is 11.3. The third-order valence-corrected chi connectivity index (χ3v) is 7.38. The molecular weight excluding hydrogens is 450 g/mol. The van der Waals surface area contributed by atoms with Crippen molar-refractivity contribution >= 4 is 17.3 Å². The summed E-state index contributed by atoms with van der Waals surface area (Å²) in [6, 6.07) is 40.7. The summed E-state index contributed by atoms with van der Waals surface area (Å²) in [5.74, 6) is -0.963. The van der Waals surface area contributed by atoms with Crippen LogP contribution in [0.4, 0.5) is 0 Å². The van der Waals surface area contributed by atoms with Crippen LogP contribution in [0.3, 0.4) is 0 Å². The molecule has 1 heterocycles. The molecular formula is C31H25NO2S. The van der Waals surface area contributed by atoms with E-state index in [4.69, 9.17) is 0 Å². The van der Waals surface area contributed by atoms with Crippen LogP contribution in [0.15, 0.2) is 121 Å². The standard InChI is InChI=1S/C31H25NO2S/c33-30(34)29-28(35-22-32-29)21-18-23-16-19-27(20-17-23)31(24-10-4-1-5-11-24,25-12-6-2-7-13-25)26-14-8-3-9-15-26/h1-17,19-20,22H,18,21H2,(H,33,34). The van der Waals surface area contributed by atoms with E-state index in [1.165, 1.54) is 39.2 Å². The Balaban J connectivity index is 1.58. The molecule has 0 amide bonds. The molecule has 0 saturated carbocycles. The number of hydrogen-bond donors (Lipinski definition) is 1. The summed E-state index contributed by atoms with van der Waals surface area (Å²) in [7, 11) is 0. The molecule has 1 N–H and O–H groups in total. The zero-order chi connectivity index (χ0) is 24.1. The van der Waals surface area contributed by atoms with Crippen LogP contribution in [-0.2, 0) is 18.3 Å². The van der Waals surface area contributed by atoms with E-state index in [9.17, 15) is 9.90 Å². The second-order valence-electron chi connectivity index (χ2n) is 8.47. The first-order valence-electron chi connectivity index (χ1n) is 11.6. The maximum atomic E-state index is 11.4. The molecule has 35 heavy (non-hydrogen) atoms. The summed E-state index contributed by atoms with van der Waals surface area (Å²) < 4.78 is 0. The Hall–Kier alpha value is -4.02. The molecule has 0 atom stereocenters. The van der Waals surface area contributed by atoms with Crippen LogP contribution in [0.5, 0.6) is 0 Å². The molecule has 0 spiro atoms. The minimum absolute atomic E-state index is 0.169. The summed E-state index contributed by atoms with van der Waals surface area (Å²) >= 11 is 1.40. The van der Waals surface area contributed by atoms with Crippen LogP contribution < -0.4 is 0 Å². The maximum Gasteiger partial charge on any atom is 0.355 e. The van der Waals surface area contributed by atoms with Crippen molar-refractivity contribution in [3.8, 4) is 0 Å². The fraction of sp³-hybridized carbons (Fsp3) is 0.0968. The van der Waals surface area contributed by atoms with Crippen LogP contribution in [0.25, 0.3) is 0 Å². The van der Waals surface area contributed by atoms with Gasteiger partial charge >= 0.3 is 5.97 Å². The summed E-state index contributed by atoms with van der Waals surface area (Å²) in [6.07, 6.45) is 1.42. The van der Waals surface area contributed by atoms with Gasteiger partial charge in [0.05, 0.1) is 10.9 Å². The fourth-order valence-corrected chi connectivity index (χ4v) is 5.62. The number of carboxylic acids is 1. The average molecular weight is 476 g/mol. The molecule has 0 fully saturated rings. The first-order valence-corrected chi connectivity index (χ1v) is 12.5. The molecule has 0 bridgehead atoms. The highest BCUT2D eigenvalue weighted by Crippen LogP contribution is 2.45. The predicted molar refractivity (Wildman–Crippen MR) is 141 cm³/mol. The zero-order valence-electron chi connectivity index (χ0n) is 19.2. The number of aromatic nitrogens is 1. The van der Waals surface area contributed by atoms with E-state index in [2.05, 4.69) is 120 Å². The molecule has 0 aliphatic heterocycles. The molecule has 5 aromatic rings. The molecule has 4 aromatic carbocycles. The van der Waals surface area contributed by atoms with Crippen molar-refractivity contribution in [3.05, 3.63) is 159 Å². The Morgan fingerprint density at radius 2 is 1.11 bits per heavy atom. The first-order chi connectivity index (χ1) is 17.2. The average Bonchev–Trinajstić information content (AvgIpc) is 3.40. The second kappa shape index (κ2) is 10.1. The van der Waals surface area contributed by atoms with Gasteiger partial charge < -0.3 is 5.11 Å². The van der Waals surface area contributed by atoms with E-state index in [0.29, 0.717) is 6.42 Å². The lowest BCUT2D eigenvalue weighted by Gasteiger charge is -2.37. The minimum Gasteiger partial charge on any atom is -0.476 e. The second-order valence-corrected chi connectivity index (χ2v) is 9.41. The molecule has 0 unspecified atom stereocenters. The van der Waals surface area contributed by atoms with Crippen molar-refractivity contribution in [2.75, 3.05) is 0 Å². The summed E-state index contributed by atoms with van der Waals surface area (Å²) in [5, 5.41) is 9.35. The zero-order valence-corrected chi connectivity index (χ0v) is 20.0. The quantitative estimate of drug-likeness (QED) is 0.246. The smallest absolute Gasteiger partial charge is 0.355 e. The topological polar surface area (TPSA) is 50.2 Å². The van der Waals surface area contributed by atoms with Crippen LogP contribution in [0, 0.1) is 0 Å². The number of rotatable bonds is 8. The number of carbonyl (C=O) groups is 1. The van der Waals surface area contributed by atoms with Gasteiger partial charge in [-0.3, -0.25) is 0 Å². The number of aromatic carboxylic acids is 1. The minimum atomic E-state index is -0.963. The number of hydrogen-bond acceptors (Lipinski definition) is 3. The van der Waals surface area contributed by atoms with Crippen molar-refractivity contribution in [2.24, 2.45) is 0 Å². The molecule has 3 nitrogen and oxygen atoms in total. The highest BCUT2D eigenvalue weighted by atomic mass is 32.1. The molecule has 1 aromatic heterocycles. The van der Waals surface area contributed by atoms with E-state index in [1.807, 2.05) is 0 Å². The Kier molecular flexibility index (Phi) is 6.55. The third kappa shape index (κ3) is 4.41. The van der Waals surface area contributed by atoms with Crippen LogP contribution in [0.1, 0.15) is 43.2 Å². The lowest BCUT2D eigenvalue weighted by Crippen LogP contribution is -2.30. The lowest BCUT2D eigenvalue weighted by molar-refractivity contribution is 0.0690. The number of aryl methyl sites for hydroxylation is 2. The highest BCUT2D eigenvalue weighted by molar-refractivity contribution is 7.09. The SMILES string of the molecule is O=C(O)c1ncsc1CCc1ccc(C(c2ccccc2)(c2ccccc2)c2ccccc2)cc1. The number of benzene rings is 4. The Morgan fingerprint density at radius 1 is 0.657 bits per heavy atom. The van der Waals surface area contributed by atoms with Crippen LogP contribution >= 0.6 is 11.3 Å². The van der Waals surface area contributed by atoms with Gasteiger partial charge in [0.25, 0.3) is 0 Å². The first kappa shape index (κ1) is 22.8. The summed E-state index contributed by atoms with van der Waals surface area (Å²) in [5.41, 5.74) is 7.30. The van der Waals surface area contributed by atoms with Crippen molar-refractivity contribution in [3.63, 3.8) is 0 Å². The number of nitrogens with zero attached hydrogens (tertiary/aromatic N) is 1. The monoisotopic (exact) mass is 475 g/mol. The van der Waals surface area contributed by atoms with Gasteiger partial charge in [0.15, 0.2) is 5.69 Å². The highest BCUT2D eigenvalue weighted by Gasteiger charge is 2.38. The fourth-order valence-electron chi connectivity index (χ4n) is 4.87. The number of carboxylic acid groups (broad SMARTS) is 1. The predicted octanol–water partition coefficient (Wildman–Crippen LogP) is 7.01. The molecule has 0 saturated heterocycles. The molecule has 0 aliphatic carbocycles. The lowest BCUT2D eigenvalue weighted by atomic mass is 9.65. The van der Waals surface area contributed by atoms with Gasteiger partial charge in [0, 0.05) is 4.88 Å². The largest absolute Gasteiger partial charge is 0.476 e. The van der Waals surface area contributed by atoms with Crippen LogP contribution in [-0.4, -0.2) is 16.1 Å². The van der Waals surface area contributed by atoms with Gasteiger partial charge in [-0.25, -0.2) is 9.78 Å². The van der Waals surface area contributed by atoms with Gasteiger partial charge in [-0.1, -0.05) is 115 Å². The molecule has 172 valence electrons. The van der Waals surface area contributed by atoms with Gasteiger partial charge in [0.2, 0.25) is 0 Å². The van der Waals surface area contributed by atoms with Gasteiger partial charge in [0.1, 0.15) is 0 Å². The Morgan fingerprint density at radius 3 is 1.57 bits per heavy atom.